The molecule has 0 spiro atoms. The quantitative estimate of drug-likeness (QED) is 0.666. The van der Waals surface area contributed by atoms with Gasteiger partial charge in [0.05, 0.1) is 31.3 Å². The molecule has 2 aromatic carbocycles. The van der Waals surface area contributed by atoms with Crippen LogP contribution in [-0.2, 0) is 19.6 Å². The highest BCUT2D eigenvalue weighted by Gasteiger charge is 2.26. The van der Waals surface area contributed by atoms with E-state index in [-0.39, 0.29) is 23.5 Å². The maximum absolute atomic E-state index is 12.8. The second-order valence-corrected chi connectivity index (χ2v) is 9.20. The smallest absolute Gasteiger partial charge is 0.258 e. The molecular weight excluding hydrogens is 420 g/mol. The largest absolute Gasteiger partial charge is 0.496 e. The standard InChI is InChI=1S/C22H28N2O6S/c1-16-14-18(31(26,27)24-10-12-29-13-11-24)8-9-20(16)30-15-22(25)23-17(2)19-6-4-5-7-21(19)28-3/h4-9,14,17H,10-13,15H2,1-3H3,(H,23,25). The number of rotatable bonds is 8. The summed E-state index contributed by atoms with van der Waals surface area (Å²) < 4.78 is 43.2. The van der Waals surface area contributed by atoms with Gasteiger partial charge < -0.3 is 19.5 Å². The first kappa shape index (κ1) is 23.1. The Bertz CT molecular complexity index is 1020. The van der Waals surface area contributed by atoms with Crippen molar-refractivity contribution in [3.8, 4) is 11.5 Å². The van der Waals surface area contributed by atoms with Crippen molar-refractivity contribution < 1.29 is 27.4 Å². The number of nitrogens with zero attached hydrogens (tertiary/aromatic N) is 1. The third-order valence-electron chi connectivity index (χ3n) is 5.10. The number of hydrogen-bond donors (Lipinski definition) is 1. The molecule has 31 heavy (non-hydrogen) atoms. The second-order valence-electron chi connectivity index (χ2n) is 7.26. The van der Waals surface area contributed by atoms with Crippen LogP contribution in [0.15, 0.2) is 47.4 Å². The van der Waals surface area contributed by atoms with E-state index >= 15 is 0 Å². The molecule has 1 amide bonds. The van der Waals surface area contributed by atoms with Gasteiger partial charge in [-0.1, -0.05) is 18.2 Å². The summed E-state index contributed by atoms with van der Waals surface area (Å²) in [6.07, 6.45) is 0. The molecular formula is C22H28N2O6S. The van der Waals surface area contributed by atoms with Crippen LogP contribution in [-0.4, -0.2) is 58.7 Å². The van der Waals surface area contributed by atoms with Crippen molar-refractivity contribution in [1.29, 1.82) is 0 Å². The van der Waals surface area contributed by atoms with E-state index in [1.54, 1.807) is 26.2 Å². The Balaban J connectivity index is 1.61. The highest BCUT2D eigenvalue weighted by atomic mass is 32.2. The van der Waals surface area contributed by atoms with E-state index in [9.17, 15) is 13.2 Å². The van der Waals surface area contributed by atoms with Crippen LogP contribution in [0.25, 0.3) is 0 Å². The maximum Gasteiger partial charge on any atom is 0.258 e. The summed E-state index contributed by atoms with van der Waals surface area (Å²) >= 11 is 0. The molecule has 1 unspecified atom stereocenters. The number of hydrogen-bond acceptors (Lipinski definition) is 6. The molecule has 1 saturated heterocycles. The fraction of sp³-hybridized carbons (Fsp3) is 0.409. The molecule has 0 aromatic heterocycles. The molecule has 2 aromatic rings. The molecule has 1 heterocycles. The molecule has 168 valence electrons. The van der Waals surface area contributed by atoms with Crippen molar-refractivity contribution in [1.82, 2.24) is 9.62 Å². The molecule has 1 N–H and O–H groups in total. The van der Waals surface area contributed by atoms with Crippen LogP contribution in [0.3, 0.4) is 0 Å². The first-order chi connectivity index (χ1) is 14.8. The summed E-state index contributed by atoms with van der Waals surface area (Å²) in [6, 6.07) is 11.9. The Morgan fingerprint density at radius 3 is 2.55 bits per heavy atom. The van der Waals surface area contributed by atoms with Crippen molar-refractivity contribution in [2.75, 3.05) is 40.0 Å². The molecule has 1 aliphatic heterocycles. The Labute approximate surface area is 183 Å². The van der Waals surface area contributed by atoms with E-state index < -0.39 is 10.0 Å². The number of para-hydroxylation sites is 1. The van der Waals surface area contributed by atoms with Gasteiger partial charge in [-0.15, -0.1) is 0 Å². The molecule has 0 saturated carbocycles. The maximum atomic E-state index is 12.8. The second kappa shape index (κ2) is 10.1. The lowest BCUT2D eigenvalue weighted by Crippen LogP contribution is -2.40. The van der Waals surface area contributed by atoms with Gasteiger partial charge >= 0.3 is 0 Å². The zero-order valence-electron chi connectivity index (χ0n) is 18.0. The fourth-order valence-electron chi connectivity index (χ4n) is 3.41. The van der Waals surface area contributed by atoms with E-state index in [0.29, 0.717) is 43.4 Å². The molecule has 0 aliphatic carbocycles. The van der Waals surface area contributed by atoms with E-state index in [1.807, 2.05) is 31.2 Å². The molecule has 8 nitrogen and oxygen atoms in total. The van der Waals surface area contributed by atoms with Crippen molar-refractivity contribution in [2.45, 2.75) is 24.8 Å². The predicted octanol–water partition coefficient (Wildman–Crippen LogP) is 2.28. The van der Waals surface area contributed by atoms with Crippen molar-refractivity contribution in [2.24, 2.45) is 0 Å². The number of sulfonamides is 1. The molecule has 3 rings (SSSR count). The zero-order chi connectivity index (χ0) is 22.4. The lowest BCUT2D eigenvalue weighted by Gasteiger charge is -2.26. The van der Waals surface area contributed by atoms with Gasteiger partial charge in [-0.3, -0.25) is 4.79 Å². The minimum absolute atomic E-state index is 0.185. The van der Waals surface area contributed by atoms with Crippen LogP contribution in [0.1, 0.15) is 24.1 Å². The Morgan fingerprint density at radius 1 is 1.16 bits per heavy atom. The molecule has 1 aliphatic rings. The number of carbonyl (C=O) groups excluding carboxylic acids is 1. The molecule has 0 radical (unpaired) electrons. The highest BCUT2D eigenvalue weighted by Crippen LogP contribution is 2.26. The Kier molecular flexibility index (Phi) is 7.53. The van der Waals surface area contributed by atoms with Crippen LogP contribution in [0.2, 0.25) is 0 Å². The summed E-state index contributed by atoms with van der Waals surface area (Å²) in [4.78, 5) is 12.6. The van der Waals surface area contributed by atoms with Gasteiger partial charge in [0.15, 0.2) is 6.61 Å². The minimum Gasteiger partial charge on any atom is -0.496 e. The average molecular weight is 449 g/mol. The van der Waals surface area contributed by atoms with E-state index in [4.69, 9.17) is 14.2 Å². The van der Waals surface area contributed by atoms with Crippen LogP contribution in [0, 0.1) is 6.92 Å². The number of amides is 1. The zero-order valence-corrected chi connectivity index (χ0v) is 18.8. The normalized spacial score (nSPS) is 15.8. The number of benzene rings is 2. The van der Waals surface area contributed by atoms with E-state index in [0.717, 1.165) is 5.56 Å². The molecule has 1 fully saturated rings. The number of aryl methyl sites for hydroxylation is 1. The van der Waals surface area contributed by atoms with Gasteiger partial charge in [0.2, 0.25) is 10.0 Å². The van der Waals surface area contributed by atoms with Gasteiger partial charge in [-0.05, 0) is 43.7 Å². The van der Waals surface area contributed by atoms with Crippen LogP contribution in [0.5, 0.6) is 11.5 Å². The Morgan fingerprint density at radius 2 is 1.87 bits per heavy atom. The third-order valence-corrected chi connectivity index (χ3v) is 6.99. The predicted molar refractivity (Wildman–Crippen MR) is 116 cm³/mol. The topological polar surface area (TPSA) is 94.2 Å². The first-order valence-electron chi connectivity index (χ1n) is 10.1. The van der Waals surface area contributed by atoms with E-state index in [2.05, 4.69) is 5.32 Å². The summed E-state index contributed by atoms with van der Waals surface area (Å²) in [5, 5.41) is 2.88. The van der Waals surface area contributed by atoms with Crippen molar-refractivity contribution >= 4 is 15.9 Å². The monoisotopic (exact) mass is 448 g/mol. The number of ether oxygens (including phenoxy) is 3. The minimum atomic E-state index is -3.58. The average Bonchev–Trinajstić information content (AvgIpc) is 2.78. The van der Waals surface area contributed by atoms with Crippen LogP contribution >= 0.6 is 0 Å². The summed E-state index contributed by atoms with van der Waals surface area (Å²) in [5.74, 6) is 0.868. The van der Waals surface area contributed by atoms with Crippen LogP contribution < -0.4 is 14.8 Å². The van der Waals surface area contributed by atoms with Crippen LogP contribution in [0.4, 0.5) is 0 Å². The number of nitrogens with one attached hydrogen (secondary N) is 1. The number of methoxy groups -OCH3 is 1. The summed E-state index contributed by atoms with van der Waals surface area (Å²) in [6.45, 7) is 4.89. The van der Waals surface area contributed by atoms with Gasteiger partial charge in [0, 0.05) is 18.7 Å². The van der Waals surface area contributed by atoms with E-state index in [1.165, 1.54) is 10.4 Å². The summed E-state index contributed by atoms with van der Waals surface area (Å²) in [7, 11) is -1.99. The first-order valence-corrected chi connectivity index (χ1v) is 11.5. The molecule has 1 atom stereocenters. The van der Waals surface area contributed by atoms with Crippen molar-refractivity contribution in [3.05, 3.63) is 53.6 Å². The van der Waals surface area contributed by atoms with Gasteiger partial charge in [0.25, 0.3) is 5.91 Å². The number of carbonyl (C=O) groups is 1. The van der Waals surface area contributed by atoms with Gasteiger partial charge in [-0.2, -0.15) is 4.31 Å². The van der Waals surface area contributed by atoms with Gasteiger partial charge in [0.1, 0.15) is 11.5 Å². The Hall–Kier alpha value is -2.62. The summed E-state index contributed by atoms with van der Waals surface area (Å²) in [5.41, 5.74) is 1.51. The van der Waals surface area contributed by atoms with Crippen molar-refractivity contribution in [3.63, 3.8) is 0 Å². The lowest BCUT2D eigenvalue weighted by molar-refractivity contribution is -0.123. The highest BCUT2D eigenvalue weighted by molar-refractivity contribution is 7.89. The number of morpholine rings is 1. The van der Waals surface area contributed by atoms with Gasteiger partial charge in [-0.25, -0.2) is 8.42 Å². The fourth-order valence-corrected chi connectivity index (χ4v) is 4.90. The molecule has 9 heteroatoms. The lowest BCUT2D eigenvalue weighted by atomic mass is 10.1. The SMILES string of the molecule is COc1ccccc1C(C)NC(=O)COc1ccc(S(=O)(=O)N2CCOCC2)cc1C. The molecule has 0 bridgehead atoms. The third kappa shape index (κ3) is 5.55.